The molecule has 4 heteroatoms. The second-order valence-electron chi connectivity index (χ2n) is 13.7. The number of hydrogen-bond acceptors (Lipinski definition) is 1. The van der Waals surface area contributed by atoms with Gasteiger partial charge in [0.15, 0.2) is 0 Å². The molecule has 1 nitrogen and oxygen atoms in total. The maximum atomic E-state index is 5.91. The van der Waals surface area contributed by atoms with Crippen LogP contribution >= 0.6 is 22.2 Å². The van der Waals surface area contributed by atoms with Crippen LogP contribution in [0.25, 0.3) is 0 Å². The summed E-state index contributed by atoms with van der Waals surface area (Å²) in [5.41, 5.74) is 5.55. The third-order valence-electron chi connectivity index (χ3n) is 9.38. The average molecular weight is 649 g/mol. The van der Waals surface area contributed by atoms with Gasteiger partial charge in [0.1, 0.15) is 0 Å². The molecule has 0 bridgehead atoms. The summed E-state index contributed by atoms with van der Waals surface area (Å²) in [6.07, 6.45) is 52.0. The summed E-state index contributed by atoms with van der Waals surface area (Å²) in [6.45, 7) is 0.872. The van der Waals surface area contributed by atoms with Crippen molar-refractivity contribution < 1.29 is 0 Å². The number of halogens is 2. The number of hydrogen-bond donors (Lipinski definition) is 1. The van der Waals surface area contributed by atoms with E-state index in [-0.39, 0.29) is 0 Å². The van der Waals surface area contributed by atoms with Gasteiger partial charge in [-0.15, -0.1) is 0 Å². The first kappa shape index (κ1) is 42.8. The third kappa shape index (κ3) is 40.8. The maximum absolute atomic E-state index is 5.91. The Kier molecular flexibility index (Phi) is 40.5. The summed E-state index contributed by atoms with van der Waals surface area (Å²) in [6, 6.07) is 1.10. The molecule has 0 aliphatic rings. The Labute approximate surface area is 278 Å². The molecule has 0 radical (unpaired) electrons. The van der Waals surface area contributed by atoms with Crippen molar-refractivity contribution >= 4 is 29.6 Å². The van der Waals surface area contributed by atoms with E-state index in [9.17, 15) is 0 Å². The lowest BCUT2D eigenvalue weighted by molar-refractivity contribution is 0.510. The summed E-state index contributed by atoms with van der Waals surface area (Å²) < 4.78 is 0. The van der Waals surface area contributed by atoms with E-state index in [1.54, 1.807) is 0 Å². The minimum absolute atomic E-state index is 0.872. The molecule has 0 atom stereocenters. The summed E-state index contributed by atoms with van der Waals surface area (Å²) in [7, 11) is -1.34. The fourth-order valence-electron chi connectivity index (χ4n) is 6.45. The first-order chi connectivity index (χ1) is 20.8. The quantitative estimate of drug-likeness (QED) is 0.0402. The van der Waals surface area contributed by atoms with E-state index in [0.29, 0.717) is 0 Å². The monoisotopic (exact) mass is 648 g/mol. The topological polar surface area (TPSA) is 26.0 Å². The molecule has 0 amide bonds. The second kappa shape index (κ2) is 39.8. The third-order valence-corrected chi connectivity index (χ3v) is 11.5. The van der Waals surface area contributed by atoms with Crippen LogP contribution in [0.15, 0.2) is 0 Å². The normalized spacial score (nSPS) is 11.7. The van der Waals surface area contributed by atoms with Gasteiger partial charge in [-0.05, 0) is 19.0 Å². The molecule has 254 valence electrons. The van der Waals surface area contributed by atoms with E-state index >= 15 is 0 Å². The predicted octanol–water partition coefficient (Wildman–Crippen LogP) is 14.7. The molecular weight excluding hydrogens is 569 g/mol. The molecule has 0 aliphatic carbocycles. The summed E-state index contributed by atoms with van der Waals surface area (Å²) in [4.78, 5) is 0. The predicted molar refractivity (Wildman–Crippen MR) is 199 cm³/mol. The molecule has 0 aliphatic heterocycles. The van der Waals surface area contributed by atoms with Gasteiger partial charge in [-0.2, -0.15) is 22.2 Å². The summed E-state index contributed by atoms with van der Waals surface area (Å²) in [5, 5.41) is 0. The Morgan fingerprint density at radius 1 is 0.238 bits per heavy atom. The van der Waals surface area contributed by atoms with Crippen LogP contribution in [0.1, 0.15) is 231 Å². The fraction of sp³-hybridized carbons (Fsp3) is 1.00. The van der Waals surface area contributed by atoms with Crippen molar-refractivity contribution in [1.29, 1.82) is 0 Å². The van der Waals surface area contributed by atoms with Gasteiger partial charge in [0.25, 0.3) is 0 Å². The van der Waals surface area contributed by atoms with E-state index in [1.807, 2.05) is 0 Å². The molecule has 0 saturated heterocycles. The first-order valence-electron chi connectivity index (χ1n) is 19.8. The Hall–Kier alpha value is 0.757. The van der Waals surface area contributed by atoms with Crippen molar-refractivity contribution in [1.82, 2.24) is 0 Å². The molecule has 0 heterocycles. The van der Waals surface area contributed by atoms with Crippen molar-refractivity contribution in [2.45, 2.75) is 237 Å². The van der Waals surface area contributed by atoms with Crippen LogP contribution < -0.4 is 5.73 Å². The van der Waals surface area contributed by atoms with E-state index in [1.165, 1.54) is 231 Å². The Morgan fingerprint density at radius 2 is 0.381 bits per heavy atom. The highest BCUT2D eigenvalue weighted by Gasteiger charge is 2.01. The Morgan fingerprint density at radius 3 is 0.524 bits per heavy atom. The number of unbranched alkanes of at least 4 members (excludes halogenated alkanes) is 35. The molecule has 2 N–H and O–H groups in total. The van der Waals surface area contributed by atoms with Crippen molar-refractivity contribution in [3.63, 3.8) is 0 Å². The van der Waals surface area contributed by atoms with Crippen molar-refractivity contribution in [2.24, 2.45) is 5.73 Å². The van der Waals surface area contributed by atoms with Crippen molar-refractivity contribution in [3.05, 3.63) is 0 Å². The van der Waals surface area contributed by atoms with E-state index in [4.69, 9.17) is 27.9 Å². The van der Waals surface area contributed by atoms with Crippen LogP contribution in [0.2, 0.25) is 6.04 Å². The minimum Gasteiger partial charge on any atom is -0.330 e. The molecule has 0 unspecified atom stereocenters. The van der Waals surface area contributed by atoms with Gasteiger partial charge in [-0.3, -0.25) is 0 Å². The fourth-order valence-corrected chi connectivity index (χ4v) is 7.98. The number of rotatable bonds is 38. The zero-order valence-electron chi connectivity index (χ0n) is 28.8. The zero-order valence-corrected chi connectivity index (χ0v) is 31.4. The van der Waals surface area contributed by atoms with E-state index < -0.39 is 7.42 Å². The SMILES string of the molecule is NCCCCCCCCCCCCCCCCCCCCCCCCCCCCCCCCCCCCCC[SiH](Cl)Cl. The van der Waals surface area contributed by atoms with Crippen LogP contribution in [0.3, 0.4) is 0 Å². The lowest BCUT2D eigenvalue weighted by atomic mass is 10.0. The summed E-state index contributed by atoms with van der Waals surface area (Å²) in [5.74, 6) is 0. The average Bonchev–Trinajstić information content (AvgIpc) is 2.98. The molecule has 0 aromatic carbocycles. The van der Waals surface area contributed by atoms with Gasteiger partial charge in [-0.25, -0.2) is 0 Å². The van der Waals surface area contributed by atoms with Gasteiger partial charge >= 0.3 is 0 Å². The van der Waals surface area contributed by atoms with Gasteiger partial charge in [0.05, 0.1) is 0 Å². The molecule has 0 saturated carbocycles. The van der Waals surface area contributed by atoms with Crippen LogP contribution in [0, 0.1) is 0 Å². The highest BCUT2D eigenvalue weighted by Crippen LogP contribution is 2.18. The lowest BCUT2D eigenvalue weighted by Crippen LogP contribution is -1.97. The van der Waals surface area contributed by atoms with E-state index in [2.05, 4.69) is 0 Å². The van der Waals surface area contributed by atoms with Crippen molar-refractivity contribution in [2.75, 3.05) is 6.54 Å². The highest BCUT2D eigenvalue weighted by atomic mass is 35.7. The van der Waals surface area contributed by atoms with Crippen LogP contribution in [-0.4, -0.2) is 14.0 Å². The van der Waals surface area contributed by atoms with Crippen molar-refractivity contribution in [3.8, 4) is 0 Å². The molecule has 0 aromatic rings. The van der Waals surface area contributed by atoms with Gasteiger partial charge < -0.3 is 5.73 Å². The largest absolute Gasteiger partial charge is 0.330 e. The highest BCUT2D eigenvalue weighted by molar-refractivity contribution is 7.33. The first-order valence-corrected chi connectivity index (χ1v) is 24.1. The van der Waals surface area contributed by atoms with Crippen LogP contribution in [0.5, 0.6) is 0 Å². The Balaban J connectivity index is 3.03. The van der Waals surface area contributed by atoms with E-state index in [0.717, 1.165) is 12.6 Å². The van der Waals surface area contributed by atoms with Gasteiger partial charge in [0, 0.05) is 0 Å². The second-order valence-corrected chi connectivity index (χ2v) is 18.9. The molecule has 42 heavy (non-hydrogen) atoms. The van der Waals surface area contributed by atoms with Gasteiger partial charge in [-0.1, -0.05) is 225 Å². The lowest BCUT2D eigenvalue weighted by Gasteiger charge is -2.05. The minimum atomic E-state index is -1.34. The molecule has 0 rings (SSSR count). The van der Waals surface area contributed by atoms with Crippen LogP contribution in [-0.2, 0) is 0 Å². The molecule has 0 fully saturated rings. The van der Waals surface area contributed by atoms with Gasteiger partial charge in [0.2, 0.25) is 7.42 Å². The maximum Gasteiger partial charge on any atom is 0.237 e. The Bertz CT molecular complexity index is 462. The molecule has 0 aromatic heterocycles. The number of nitrogens with two attached hydrogens (primary N) is 1. The summed E-state index contributed by atoms with van der Waals surface area (Å²) >= 11 is 11.8. The van der Waals surface area contributed by atoms with Crippen LogP contribution in [0.4, 0.5) is 0 Å². The standard InChI is InChI=1S/C38H79Cl2NSi/c39-42(40)38-36-34-32-30-28-26-24-22-20-18-16-14-12-10-8-6-4-2-1-3-5-7-9-11-13-15-17-19-21-23-25-27-29-31-33-35-37-41/h42H,1-38,41H2. The zero-order chi connectivity index (χ0) is 30.4. The molecular formula is C38H79Cl2NSi. The molecule has 0 spiro atoms. The smallest absolute Gasteiger partial charge is 0.237 e.